The molecule has 0 saturated heterocycles. The summed E-state index contributed by atoms with van der Waals surface area (Å²) in [5.74, 6) is -0.316. The highest BCUT2D eigenvalue weighted by atomic mass is 35.5. The molecule has 1 aromatic carbocycles. The van der Waals surface area contributed by atoms with Crippen molar-refractivity contribution in [2.45, 2.75) is 45.9 Å². The Morgan fingerprint density at radius 2 is 1.80 bits per heavy atom. The molecular weight excluding hydrogens is 427 g/mol. The SMILES string of the molecule is CCn1c(=O)n(CC(=O)NCCC(C)(C)O)c2ncc(-c3cc(Cl)cc(Cl)c3)cc21. The fourth-order valence-corrected chi connectivity index (χ4v) is 3.75. The van der Waals surface area contributed by atoms with Crippen LogP contribution in [0.1, 0.15) is 27.2 Å². The Balaban J connectivity index is 1.94. The van der Waals surface area contributed by atoms with Crippen molar-refractivity contribution in [3.05, 3.63) is 51.0 Å². The van der Waals surface area contributed by atoms with Gasteiger partial charge in [-0.3, -0.25) is 13.9 Å². The lowest BCUT2D eigenvalue weighted by Crippen LogP contribution is -2.35. The van der Waals surface area contributed by atoms with Crippen molar-refractivity contribution in [3.8, 4) is 11.1 Å². The predicted molar refractivity (Wildman–Crippen MR) is 119 cm³/mol. The molecule has 0 saturated carbocycles. The van der Waals surface area contributed by atoms with E-state index in [1.54, 1.807) is 42.8 Å². The van der Waals surface area contributed by atoms with Crippen LogP contribution in [0.15, 0.2) is 35.3 Å². The van der Waals surface area contributed by atoms with Gasteiger partial charge >= 0.3 is 5.69 Å². The van der Waals surface area contributed by atoms with Gasteiger partial charge in [-0.1, -0.05) is 23.2 Å². The molecule has 2 N–H and O–H groups in total. The fourth-order valence-electron chi connectivity index (χ4n) is 3.23. The Kier molecular flexibility index (Phi) is 6.55. The molecule has 0 aliphatic heterocycles. The normalized spacial score (nSPS) is 11.8. The number of imidazole rings is 1. The molecule has 3 aromatic rings. The topological polar surface area (TPSA) is 89.2 Å². The van der Waals surface area contributed by atoms with Crippen LogP contribution in [0.25, 0.3) is 22.3 Å². The summed E-state index contributed by atoms with van der Waals surface area (Å²) in [6.07, 6.45) is 2.04. The summed E-state index contributed by atoms with van der Waals surface area (Å²) in [5.41, 5.74) is 1.43. The van der Waals surface area contributed by atoms with Gasteiger partial charge in [-0.25, -0.2) is 9.78 Å². The summed E-state index contributed by atoms with van der Waals surface area (Å²) in [7, 11) is 0. The molecule has 7 nitrogen and oxygen atoms in total. The highest BCUT2D eigenvalue weighted by Gasteiger charge is 2.18. The average Bonchev–Trinajstić information content (AvgIpc) is 2.90. The standard InChI is InChI=1S/C21H24Cl2N4O3/c1-4-26-17-9-14(13-7-15(22)10-16(23)8-13)11-25-19(17)27(20(26)29)12-18(28)24-6-5-21(2,3)30/h7-11,30H,4-6,12H2,1-3H3,(H,24,28). The van der Waals surface area contributed by atoms with E-state index in [1.807, 2.05) is 13.0 Å². The number of hydrogen-bond acceptors (Lipinski definition) is 4. The molecule has 0 aliphatic rings. The summed E-state index contributed by atoms with van der Waals surface area (Å²) in [4.78, 5) is 29.7. The Bertz CT molecular complexity index is 1130. The van der Waals surface area contributed by atoms with Crippen LogP contribution in [0.5, 0.6) is 0 Å². The molecule has 9 heteroatoms. The number of nitrogens with zero attached hydrogens (tertiary/aromatic N) is 3. The first-order valence-corrected chi connectivity index (χ1v) is 10.4. The molecule has 0 unspecified atom stereocenters. The minimum absolute atomic E-state index is 0.149. The second kappa shape index (κ2) is 8.79. The number of fused-ring (bicyclic) bond motifs is 1. The van der Waals surface area contributed by atoms with E-state index in [4.69, 9.17) is 23.2 Å². The molecule has 0 atom stereocenters. The van der Waals surface area contributed by atoms with E-state index in [9.17, 15) is 14.7 Å². The second-order valence-electron chi connectivity index (χ2n) is 7.75. The molecule has 30 heavy (non-hydrogen) atoms. The van der Waals surface area contributed by atoms with Crippen LogP contribution in [0.2, 0.25) is 10.0 Å². The number of pyridine rings is 1. The Labute approximate surface area is 184 Å². The lowest BCUT2D eigenvalue weighted by Gasteiger charge is -2.16. The van der Waals surface area contributed by atoms with Crippen LogP contribution in [0.4, 0.5) is 0 Å². The number of nitrogens with one attached hydrogen (secondary N) is 1. The first kappa shape index (κ1) is 22.3. The number of aliphatic hydroxyl groups is 1. The van der Waals surface area contributed by atoms with E-state index in [1.165, 1.54) is 4.57 Å². The van der Waals surface area contributed by atoms with Crippen molar-refractivity contribution in [3.63, 3.8) is 0 Å². The molecular formula is C21H24Cl2N4O3. The van der Waals surface area contributed by atoms with Crippen LogP contribution in [-0.4, -0.2) is 37.3 Å². The highest BCUT2D eigenvalue weighted by Crippen LogP contribution is 2.28. The van der Waals surface area contributed by atoms with Gasteiger partial charge in [-0.15, -0.1) is 0 Å². The van der Waals surface area contributed by atoms with Crippen LogP contribution in [0.3, 0.4) is 0 Å². The quantitative estimate of drug-likeness (QED) is 0.576. The lowest BCUT2D eigenvalue weighted by atomic mass is 10.1. The Hall–Kier alpha value is -2.35. The van der Waals surface area contributed by atoms with E-state index < -0.39 is 5.60 Å². The van der Waals surface area contributed by atoms with E-state index in [-0.39, 0.29) is 18.1 Å². The number of carbonyl (C=O) groups is 1. The van der Waals surface area contributed by atoms with Crippen LogP contribution >= 0.6 is 23.2 Å². The largest absolute Gasteiger partial charge is 0.390 e. The number of benzene rings is 1. The molecule has 2 heterocycles. The second-order valence-corrected chi connectivity index (χ2v) is 8.62. The zero-order chi connectivity index (χ0) is 22.1. The van der Waals surface area contributed by atoms with Gasteiger partial charge < -0.3 is 10.4 Å². The minimum atomic E-state index is -0.871. The number of halogens is 2. The minimum Gasteiger partial charge on any atom is -0.390 e. The van der Waals surface area contributed by atoms with Crippen molar-refractivity contribution in [2.75, 3.05) is 6.54 Å². The summed E-state index contributed by atoms with van der Waals surface area (Å²) in [6, 6.07) is 7.04. The van der Waals surface area contributed by atoms with E-state index >= 15 is 0 Å². The molecule has 0 fully saturated rings. The third-order valence-electron chi connectivity index (χ3n) is 4.73. The summed E-state index contributed by atoms with van der Waals surface area (Å²) < 4.78 is 2.93. The molecule has 0 spiro atoms. The maximum absolute atomic E-state index is 12.9. The molecule has 2 aromatic heterocycles. The van der Waals surface area contributed by atoms with Gasteiger partial charge in [0.1, 0.15) is 6.54 Å². The van der Waals surface area contributed by atoms with Gasteiger partial charge in [0.25, 0.3) is 0 Å². The number of hydrogen-bond donors (Lipinski definition) is 2. The van der Waals surface area contributed by atoms with Crippen molar-refractivity contribution in [1.82, 2.24) is 19.4 Å². The summed E-state index contributed by atoms with van der Waals surface area (Å²) in [5, 5.41) is 13.5. The van der Waals surface area contributed by atoms with Crippen LogP contribution < -0.4 is 11.0 Å². The summed E-state index contributed by atoms with van der Waals surface area (Å²) in [6.45, 7) is 5.81. The van der Waals surface area contributed by atoms with Crippen LogP contribution in [0, 0.1) is 0 Å². The number of aryl methyl sites for hydroxylation is 1. The zero-order valence-corrected chi connectivity index (χ0v) is 18.6. The highest BCUT2D eigenvalue weighted by molar-refractivity contribution is 6.35. The van der Waals surface area contributed by atoms with Crippen molar-refractivity contribution in [2.24, 2.45) is 0 Å². The third-order valence-corrected chi connectivity index (χ3v) is 5.16. The number of aromatic nitrogens is 3. The van der Waals surface area contributed by atoms with Crippen LogP contribution in [-0.2, 0) is 17.9 Å². The van der Waals surface area contributed by atoms with Crippen molar-refractivity contribution in [1.29, 1.82) is 0 Å². The van der Waals surface area contributed by atoms with Crippen molar-refractivity contribution >= 4 is 40.3 Å². The van der Waals surface area contributed by atoms with E-state index in [0.29, 0.717) is 40.7 Å². The molecule has 0 aliphatic carbocycles. The maximum atomic E-state index is 12.9. The molecule has 3 rings (SSSR count). The molecule has 1 amide bonds. The molecule has 160 valence electrons. The van der Waals surface area contributed by atoms with Gasteiger partial charge in [0.05, 0.1) is 11.1 Å². The predicted octanol–water partition coefficient (Wildman–Crippen LogP) is 3.47. The number of rotatable bonds is 7. The lowest BCUT2D eigenvalue weighted by molar-refractivity contribution is -0.121. The summed E-state index contributed by atoms with van der Waals surface area (Å²) >= 11 is 12.2. The van der Waals surface area contributed by atoms with E-state index in [0.717, 1.165) is 11.1 Å². The van der Waals surface area contributed by atoms with Gasteiger partial charge in [-0.05, 0) is 57.0 Å². The third kappa shape index (κ3) is 5.03. The Morgan fingerprint density at radius 3 is 2.40 bits per heavy atom. The van der Waals surface area contributed by atoms with Gasteiger partial charge in [-0.2, -0.15) is 0 Å². The van der Waals surface area contributed by atoms with E-state index in [2.05, 4.69) is 10.3 Å². The van der Waals surface area contributed by atoms with Gasteiger partial charge in [0.15, 0.2) is 5.65 Å². The monoisotopic (exact) mass is 450 g/mol. The zero-order valence-electron chi connectivity index (χ0n) is 17.1. The van der Waals surface area contributed by atoms with Gasteiger partial charge in [0.2, 0.25) is 5.91 Å². The molecule has 0 radical (unpaired) electrons. The Morgan fingerprint density at radius 1 is 1.13 bits per heavy atom. The van der Waals surface area contributed by atoms with Crippen molar-refractivity contribution < 1.29 is 9.90 Å². The first-order valence-electron chi connectivity index (χ1n) is 9.63. The average molecular weight is 451 g/mol. The molecule has 0 bridgehead atoms. The van der Waals surface area contributed by atoms with Gasteiger partial charge in [0, 0.05) is 34.9 Å². The number of amides is 1. The number of carbonyl (C=O) groups excluding carboxylic acids is 1. The maximum Gasteiger partial charge on any atom is 0.330 e. The first-order chi connectivity index (χ1) is 14.1. The fraction of sp³-hybridized carbons (Fsp3) is 0.381. The smallest absolute Gasteiger partial charge is 0.330 e.